The maximum atomic E-state index is 11.7. The minimum atomic E-state index is 0.106. The SMILES string of the molecule is C/C=C/C(=O)[C@@H]1C=C(C)CC(C)(C)C1. The van der Waals surface area contributed by atoms with Gasteiger partial charge in [-0.05, 0) is 38.2 Å². The summed E-state index contributed by atoms with van der Waals surface area (Å²) in [5, 5.41) is 0. The van der Waals surface area contributed by atoms with Crippen molar-refractivity contribution in [2.45, 2.75) is 40.5 Å². The number of carbonyl (C=O) groups excluding carboxylic acids is 1. The molecule has 0 saturated heterocycles. The van der Waals surface area contributed by atoms with Gasteiger partial charge in [0.25, 0.3) is 0 Å². The second-order valence-electron chi connectivity index (χ2n) is 5.07. The topological polar surface area (TPSA) is 17.1 Å². The van der Waals surface area contributed by atoms with Gasteiger partial charge >= 0.3 is 0 Å². The first-order valence-electron chi connectivity index (χ1n) is 5.28. The van der Waals surface area contributed by atoms with Crippen molar-refractivity contribution in [3.8, 4) is 0 Å². The van der Waals surface area contributed by atoms with Crippen LogP contribution in [-0.2, 0) is 4.79 Å². The monoisotopic (exact) mass is 192 g/mol. The average Bonchev–Trinajstić information content (AvgIpc) is 2.00. The Hall–Kier alpha value is -0.850. The van der Waals surface area contributed by atoms with E-state index in [0.717, 1.165) is 12.8 Å². The molecular weight excluding hydrogens is 172 g/mol. The van der Waals surface area contributed by atoms with E-state index < -0.39 is 0 Å². The van der Waals surface area contributed by atoms with Gasteiger partial charge in [0.15, 0.2) is 5.78 Å². The molecule has 1 rings (SSSR count). The van der Waals surface area contributed by atoms with Crippen molar-refractivity contribution in [2.75, 3.05) is 0 Å². The lowest BCUT2D eigenvalue weighted by atomic mass is 9.72. The van der Waals surface area contributed by atoms with Crippen LogP contribution < -0.4 is 0 Å². The number of carbonyl (C=O) groups is 1. The van der Waals surface area contributed by atoms with E-state index in [1.54, 1.807) is 6.08 Å². The molecule has 0 N–H and O–H groups in total. The highest BCUT2D eigenvalue weighted by Crippen LogP contribution is 2.38. The summed E-state index contributed by atoms with van der Waals surface area (Å²) in [5.74, 6) is 0.356. The second-order valence-corrected chi connectivity index (χ2v) is 5.07. The van der Waals surface area contributed by atoms with Gasteiger partial charge in [-0.3, -0.25) is 4.79 Å². The lowest BCUT2D eigenvalue weighted by Crippen LogP contribution is -2.25. The van der Waals surface area contributed by atoms with Crippen LogP contribution in [0.3, 0.4) is 0 Å². The number of ketones is 1. The molecule has 0 aromatic carbocycles. The Labute approximate surface area is 86.9 Å². The van der Waals surface area contributed by atoms with E-state index in [4.69, 9.17) is 0 Å². The Morgan fingerprint density at radius 2 is 2.21 bits per heavy atom. The predicted octanol–water partition coefficient (Wildman–Crippen LogP) is 3.51. The zero-order chi connectivity index (χ0) is 10.8. The van der Waals surface area contributed by atoms with Crippen molar-refractivity contribution >= 4 is 5.78 Å². The Bertz CT molecular complexity index is 282. The molecule has 0 amide bonds. The number of hydrogen-bond acceptors (Lipinski definition) is 1. The fraction of sp³-hybridized carbons (Fsp3) is 0.615. The molecule has 78 valence electrons. The molecule has 0 fully saturated rings. The van der Waals surface area contributed by atoms with Crippen LogP contribution in [0, 0.1) is 11.3 Å². The van der Waals surface area contributed by atoms with Crippen LogP contribution in [0.4, 0.5) is 0 Å². The summed E-state index contributed by atoms with van der Waals surface area (Å²) in [6, 6.07) is 0. The third kappa shape index (κ3) is 2.83. The second kappa shape index (κ2) is 4.12. The van der Waals surface area contributed by atoms with Gasteiger partial charge in [-0.2, -0.15) is 0 Å². The van der Waals surface area contributed by atoms with Gasteiger partial charge in [-0.15, -0.1) is 0 Å². The molecule has 1 aliphatic rings. The minimum absolute atomic E-state index is 0.106. The summed E-state index contributed by atoms with van der Waals surface area (Å²) in [6.45, 7) is 8.48. The zero-order valence-electron chi connectivity index (χ0n) is 9.63. The van der Waals surface area contributed by atoms with Gasteiger partial charge < -0.3 is 0 Å². The van der Waals surface area contributed by atoms with Crippen LogP contribution >= 0.6 is 0 Å². The smallest absolute Gasteiger partial charge is 0.162 e. The fourth-order valence-corrected chi connectivity index (χ4v) is 2.35. The van der Waals surface area contributed by atoms with E-state index >= 15 is 0 Å². The first-order valence-corrected chi connectivity index (χ1v) is 5.28. The molecule has 1 aliphatic carbocycles. The highest BCUT2D eigenvalue weighted by atomic mass is 16.1. The van der Waals surface area contributed by atoms with E-state index in [9.17, 15) is 4.79 Å². The minimum Gasteiger partial charge on any atom is -0.294 e. The molecule has 0 aromatic heterocycles. The molecule has 0 aliphatic heterocycles. The zero-order valence-corrected chi connectivity index (χ0v) is 9.63. The lowest BCUT2D eigenvalue weighted by molar-refractivity contribution is -0.117. The number of allylic oxidation sites excluding steroid dienone is 4. The van der Waals surface area contributed by atoms with E-state index in [-0.39, 0.29) is 17.1 Å². The Kier molecular flexibility index (Phi) is 3.30. The van der Waals surface area contributed by atoms with E-state index in [1.165, 1.54) is 5.57 Å². The Morgan fingerprint density at radius 3 is 2.71 bits per heavy atom. The summed E-state index contributed by atoms with van der Waals surface area (Å²) in [5.41, 5.74) is 1.63. The predicted molar refractivity (Wildman–Crippen MR) is 60.1 cm³/mol. The largest absolute Gasteiger partial charge is 0.294 e. The first kappa shape index (κ1) is 11.2. The van der Waals surface area contributed by atoms with Gasteiger partial charge in [-0.25, -0.2) is 0 Å². The summed E-state index contributed by atoms with van der Waals surface area (Å²) in [4.78, 5) is 11.7. The van der Waals surface area contributed by atoms with Crippen LogP contribution in [-0.4, -0.2) is 5.78 Å². The highest BCUT2D eigenvalue weighted by Gasteiger charge is 2.29. The highest BCUT2D eigenvalue weighted by molar-refractivity contribution is 5.93. The Balaban J connectivity index is 2.81. The quantitative estimate of drug-likeness (QED) is 0.483. The molecule has 0 heterocycles. The summed E-state index contributed by atoms with van der Waals surface area (Å²) < 4.78 is 0. The summed E-state index contributed by atoms with van der Waals surface area (Å²) in [6.07, 6.45) is 7.75. The van der Waals surface area contributed by atoms with Crippen LogP contribution in [0.5, 0.6) is 0 Å². The molecule has 0 saturated carbocycles. The molecule has 14 heavy (non-hydrogen) atoms. The van der Waals surface area contributed by atoms with E-state index in [0.29, 0.717) is 0 Å². The summed E-state index contributed by atoms with van der Waals surface area (Å²) in [7, 11) is 0. The van der Waals surface area contributed by atoms with Crippen LogP contribution in [0.25, 0.3) is 0 Å². The average molecular weight is 192 g/mol. The van der Waals surface area contributed by atoms with Gasteiger partial charge in [0.05, 0.1) is 0 Å². The van der Waals surface area contributed by atoms with Gasteiger partial charge in [0.2, 0.25) is 0 Å². The standard InChI is InChI=1S/C13H20O/c1-5-6-12(14)11-7-10(2)8-13(3,4)9-11/h5-7,11H,8-9H2,1-4H3/b6-5+/t11-/m1/s1. The van der Waals surface area contributed by atoms with E-state index in [2.05, 4.69) is 26.8 Å². The maximum Gasteiger partial charge on any atom is 0.162 e. The number of rotatable bonds is 2. The van der Waals surface area contributed by atoms with Crippen molar-refractivity contribution in [1.82, 2.24) is 0 Å². The van der Waals surface area contributed by atoms with Crippen molar-refractivity contribution in [1.29, 1.82) is 0 Å². The van der Waals surface area contributed by atoms with Gasteiger partial charge in [0, 0.05) is 5.92 Å². The molecule has 0 aromatic rings. The number of hydrogen-bond donors (Lipinski definition) is 0. The third-order valence-electron chi connectivity index (χ3n) is 2.71. The van der Waals surface area contributed by atoms with Gasteiger partial charge in [0.1, 0.15) is 0 Å². The molecule has 1 nitrogen and oxygen atoms in total. The molecule has 0 radical (unpaired) electrons. The maximum absolute atomic E-state index is 11.7. The fourth-order valence-electron chi connectivity index (χ4n) is 2.35. The van der Waals surface area contributed by atoms with Crippen LogP contribution in [0.1, 0.15) is 40.5 Å². The molecule has 0 unspecified atom stereocenters. The van der Waals surface area contributed by atoms with Gasteiger partial charge in [-0.1, -0.05) is 31.6 Å². The summed E-state index contributed by atoms with van der Waals surface area (Å²) >= 11 is 0. The molecule has 0 bridgehead atoms. The first-order chi connectivity index (χ1) is 6.44. The molecule has 1 heteroatoms. The molecular formula is C13H20O. The van der Waals surface area contributed by atoms with Crippen molar-refractivity contribution in [2.24, 2.45) is 11.3 Å². The lowest BCUT2D eigenvalue weighted by Gasteiger charge is -2.32. The van der Waals surface area contributed by atoms with Crippen molar-refractivity contribution in [3.63, 3.8) is 0 Å². The van der Waals surface area contributed by atoms with E-state index in [1.807, 2.05) is 13.0 Å². The Morgan fingerprint density at radius 1 is 1.57 bits per heavy atom. The van der Waals surface area contributed by atoms with Crippen molar-refractivity contribution in [3.05, 3.63) is 23.8 Å². The molecule has 0 spiro atoms. The molecule has 1 atom stereocenters. The van der Waals surface area contributed by atoms with Crippen molar-refractivity contribution < 1.29 is 4.79 Å². The normalized spacial score (nSPS) is 26.3. The van der Waals surface area contributed by atoms with Crippen LogP contribution in [0.15, 0.2) is 23.8 Å². The van der Waals surface area contributed by atoms with Crippen LogP contribution in [0.2, 0.25) is 0 Å². The third-order valence-corrected chi connectivity index (χ3v) is 2.71.